The zero-order valence-corrected chi connectivity index (χ0v) is 16.5. The van der Waals surface area contributed by atoms with Crippen molar-refractivity contribution >= 4 is 5.97 Å². The number of aryl methyl sites for hydroxylation is 1. The average molecular weight is 407 g/mol. The third kappa shape index (κ3) is 2.66. The first-order valence-corrected chi connectivity index (χ1v) is 9.28. The molecule has 11 heteroatoms. The van der Waals surface area contributed by atoms with E-state index >= 15 is 0 Å². The number of carbonyl (C=O) groups excluding carboxylic acids is 1. The summed E-state index contributed by atoms with van der Waals surface area (Å²) in [5, 5.41) is 12.3. The molecule has 11 nitrogen and oxygen atoms in total. The summed E-state index contributed by atoms with van der Waals surface area (Å²) in [6, 6.07) is 5.57. The summed E-state index contributed by atoms with van der Waals surface area (Å²) in [6.07, 6.45) is 1.99. The number of rotatable bonds is 4. The molecule has 3 aromatic heterocycles. The minimum atomic E-state index is -0.534. The van der Waals surface area contributed by atoms with Gasteiger partial charge in [-0.25, -0.2) is 14.5 Å². The van der Waals surface area contributed by atoms with Crippen molar-refractivity contribution in [3.05, 3.63) is 47.5 Å². The molecule has 0 spiro atoms. The number of methoxy groups -OCH3 is 1. The maximum Gasteiger partial charge on any atom is 0.360 e. The monoisotopic (exact) mass is 407 g/mol. The standard InChI is InChI=1S/C19H17N7O4/c1-4-29-19(27)17-15-8-14-16(18-21-10(2)30-23-18)20-9-25(14)12-6-5-11(28-3)7-13(12)26(15)24-22-17/h5-7,9H,4,8H2,1-3H3. The second-order valence-corrected chi connectivity index (χ2v) is 6.60. The van der Waals surface area contributed by atoms with E-state index < -0.39 is 5.97 Å². The maximum atomic E-state index is 12.5. The Balaban J connectivity index is 1.77. The Bertz CT molecular complexity index is 1270. The van der Waals surface area contributed by atoms with Gasteiger partial charge in [-0.1, -0.05) is 10.4 Å². The van der Waals surface area contributed by atoms with Gasteiger partial charge in [-0.15, -0.1) is 5.10 Å². The van der Waals surface area contributed by atoms with Crippen molar-refractivity contribution in [1.82, 2.24) is 34.7 Å². The van der Waals surface area contributed by atoms with Crippen molar-refractivity contribution in [2.24, 2.45) is 0 Å². The zero-order valence-electron chi connectivity index (χ0n) is 16.5. The van der Waals surface area contributed by atoms with Crippen LogP contribution in [0.1, 0.15) is 34.7 Å². The normalized spacial score (nSPS) is 12.0. The smallest absolute Gasteiger partial charge is 0.360 e. The molecule has 5 rings (SSSR count). The van der Waals surface area contributed by atoms with Crippen molar-refractivity contribution in [1.29, 1.82) is 0 Å². The summed E-state index contributed by atoms with van der Waals surface area (Å²) in [7, 11) is 1.59. The van der Waals surface area contributed by atoms with E-state index in [-0.39, 0.29) is 12.3 Å². The number of nitrogens with zero attached hydrogens (tertiary/aromatic N) is 7. The van der Waals surface area contributed by atoms with E-state index in [9.17, 15) is 4.79 Å². The molecule has 1 aliphatic rings. The van der Waals surface area contributed by atoms with Gasteiger partial charge in [-0.3, -0.25) is 4.57 Å². The number of hydrogen-bond donors (Lipinski definition) is 0. The lowest BCUT2D eigenvalue weighted by Gasteiger charge is -2.11. The van der Waals surface area contributed by atoms with Crippen LogP contribution in [-0.4, -0.2) is 54.4 Å². The molecule has 152 valence electrons. The molecule has 0 amide bonds. The molecule has 0 bridgehead atoms. The molecule has 1 aromatic carbocycles. The Morgan fingerprint density at radius 1 is 1.27 bits per heavy atom. The third-order valence-corrected chi connectivity index (χ3v) is 4.84. The topological polar surface area (TPSA) is 123 Å². The Kier molecular flexibility index (Phi) is 4.09. The van der Waals surface area contributed by atoms with Crippen LogP contribution in [0.25, 0.3) is 22.9 Å². The van der Waals surface area contributed by atoms with Crippen LogP contribution in [0.15, 0.2) is 29.0 Å². The summed E-state index contributed by atoms with van der Waals surface area (Å²) in [5.41, 5.74) is 3.54. The van der Waals surface area contributed by atoms with E-state index in [1.165, 1.54) is 0 Å². The molecule has 0 aliphatic carbocycles. The largest absolute Gasteiger partial charge is 0.497 e. The number of fused-ring (bicyclic) bond motifs is 5. The van der Waals surface area contributed by atoms with Gasteiger partial charge in [0.25, 0.3) is 0 Å². The number of aromatic nitrogens is 7. The van der Waals surface area contributed by atoms with Crippen LogP contribution in [0, 0.1) is 6.92 Å². The SMILES string of the molecule is CCOC(=O)c1nnn2c1Cc1c(-c3noc(C)n3)ncn1-c1ccc(OC)cc1-2. The average Bonchev–Trinajstić information content (AvgIpc) is 3.45. The highest BCUT2D eigenvalue weighted by Crippen LogP contribution is 2.34. The first-order valence-electron chi connectivity index (χ1n) is 9.28. The van der Waals surface area contributed by atoms with Crippen molar-refractivity contribution < 1.29 is 18.8 Å². The van der Waals surface area contributed by atoms with Crippen molar-refractivity contribution in [2.75, 3.05) is 13.7 Å². The summed E-state index contributed by atoms with van der Waals surface area (Å²) in [6.45, 7) is 3.69. The molecule has 0 unspecified atom stereocenters. The predicted octanol–water partition coefficient (Wildman–Crippen LogP) is 1.90. The predicted molar refractivity (Wildman–Crippen MR) is 102 cm³/mol. The molecular formula is C19H17N7O4. The second kappa shape index (κ2) is 6.79. The number of ether oxygens (including phenoxy) is 2. The summed E-state index contributed by atoms with van der Waals surface area (Å²) < 4.78 is 19.2. The van der Waals surface area contributed by atoms with E-state index in [1.807, 2.05) is 22.8 Å². The van der Waals surface area contributed by atoms with Crippen LogP contribution < -0.4 is 4.74 Å². The van der Waals surface area contributed by atoms with Crippen LogP contribution in [0.2, 0.25) is 0 Å². The van der Waals surface area contributed by atoms with Crippen molar-refractivity contribution in [3.8, 4) is 28.6 Å². The lowest BCUT2D eigenvalue weighted by Crippen LogP contribution is -2.10. The lowest BCUT2D eigenvalue weighted by atomic mass is 10.1. The maximum absolute atomic E-state index is 12.5. The van der Waals surface area contributed by atoms with Gasteiger partial charge < -0.3 is 14.0 Å². The van der Waals surface area contributed by atoms with Gasteiger partial charge in [-0.2, -0.15) is 4.98 Å². The van der Waals surface area contributed by atoms with Crippen molar-refractivity contribution in [2.45, 2.75) is 20.3 Å². The van der Waals surface area contributed by atoms with Crippen LogP contribution in [0.3, 0.4) is 0 Å². The fourth-order valence-electron chi connectivity index (χ4n) is 3.51. The van der Waals surface area contributed by atoms with Crippen LogP contribution in [0.5, 0.6) is 5.75 Å². The molecule has 30 heavy (non-hydrogen) atoms. The van der Waals surface area contributed by atoms with Gasteiger partial charge in [0.05, 0.1) is 36.5 Å². The molecule has 1 aliphatic heterocycles. The van der Waals surface area contributed by atoms with Gasteiger partial charge in [-0.05, 0) is 19.1 Å². The highest BCUT2D eigenvalue weighted by Gasteiger charge is 2.30. The van der Waals surface area contributed by atoms with E-state index in [4.69, 9.17) is 14.0 Å². The van der Waals surface area contributed by atoms with Gasteiger partial charge in [0, 0.05) is 19.4 Å². The molecule has 0 atom stereocenters. The Hall–Kier alpha value is -4.02. The molecule has 0 fully saturated rings. The number of carbonyl (C=O) groups is 1. The minimum absolute atomic E-state index is 0.149. The van der Waals surface area contributed by atoms with Crippen LogP contribution in [-0.2, 0) is 11.2 Å². The Labute approximate surface area is 170 Å². The molecule has 4 aromatic rings. The van der Waals surface area contributed by atoms with Crippen LogP contribution in [0.4, 0.5) is 0 Å². The van der Waals surface area contributed by atoms with Gasteiger partial charge in [0.2, 0.25) is 11.7 Å². The van der Waals surface area contributed by atoms with Gasteiger partial charge in [0.15, 0.2) is 5.69 Å². The van der Waals surface area contributed by atoms with E-state index in [2.05, 4.69) is 25.4 Å². The third-order valence-electron chi connectivity index (χ3n) is 4.84. The fourth-order valence-corrected chi connectivity index (χ4v) is 3.51. The minimum Gasteiger partial charge on any atom is -0.497 e. The summed E-state index contributed by atoms with van der Waals surface area (Å²) >= 11 is 0. The number of imidazole rings is 1. The summed E-state index contributed by atoms with van der Waals surface area (Å²) in [5.74, 6) is 0.915. The van der Waals surface area contributed by atoms with Gasteiger partial charge in [0.1, 0.15) is 17.8 Å². The van der Waals surface area contributed by atoms with E-state index in [0.717, 1.165) is 11.4 Å². The molecule has 0 saturated carbocycles. The fraction of sp³-hybridized carbons (Fsp3) is 0.263. The second-order valence-electron chi connectivity index (χ2n) is 6.60. The molecule has 0 radical (unpaired) electrons. The highest BCUT2D eigenvalue weighted by atomic mass is 16.5. The summed E-state index contributed by atoms with van der Waals surface area (Å²) in [4.78, 5) is 21.3. The van der Waals surface area contributed by atoms with E-state index in [1.54, 1.807) is 32.0 Å². The quantitative estimate of drug-likeness (QED) is 0.411. The Morgan fingerprint density at radius 2 is 2.13 bits per heavy atom. The Morgan fingerprint density at radius 3 is 2.87 bits per heavy atom. The number of esters is 1. The molecule has 4 heterocycles. The first-order chi connectivity index (χ1) is 14.6. The zero-order chi connectivity index (χ0) is 20.8. The van der Waals surface area contributed by atoms with Gasteiger partial charge >= 0.3 is 5.97 Å². The van der Waals surface area contributed by atoms with E-state index in [0.29, 0.717) is 41.0 Å². The first kappa shape index (κ1) is 18.0. The molecule has 0 saturated heterocycles. The van der Waals surface area contributed by atoms with Crippen molar-refractivity contribution in [3.63, 3.8) is 0 Å². The lowest BCUT2D eigenvalue weighted by molar-refractivity contribution is 0.0518. The number of benzene rings is 1. The number of hydrogen-bond acceptors (Lipinski definition) is 9. The molecule has 0 N–H and O–H groups in total. The highest BCUT2D eigenvalue weighted by molar-refractivity contribution is 5.89. The van der Waals surface area contributed by atoms with Crippen LogP contribution >= 0.6 is 0 Å². The molecular weight excluding hydrogens is 390 g/mol.